The lowest BCUT2D eigenvalue weighted by Gasteiger charge is -1.79. The number of fused-ring (bicyclic) bond motifs is 1. The van der Waals surface area contributed by atoms with Crippen molar-refractivity contribution in [1.82, 2.24) is 15.2 Å². The molecule has 0 radical (unpaired) electrons. The minimum atomic E-state index is -0.288. The summed E-state index contributed by atoms with van der Waals surface area (Å²) in [6.07, 6.45) is 1.24. The maximum atomic E-state index is 10.6. The Kier molecular flexibility index (Phi) is 0.858. The summed E-state index contributed by atoms with van der Waals surface area (Å²) in [7, 11) is 0. The monoisotopic (exact) mass is 137 g/mol. The average molecular weight is 137 g/mol. The second-order valence-corrected chi connectivity index (χ2v) is 1.77. The van der Waals surface area contributed by atoms with Crippen LogP contribution in [0.3, 0.4) is 0 Å². The third-order valence-electron chi connectivity index (χ3n) is 1.11. The number of aromatic nitrogens is 3. The minimum absolute atomic E-state index is 0.288. The lowest BCUT2D eigenvalue weighted by atomic mass is 10.5. The van der Waals surface area contributed by atoms with E-state index in [-0.39, 0.29) is 5.56 Å². The molecule has 0 spiro atoms. The Hall–Kier alpha value is -1.65. The van der Waals surface area contributed by atoms with Gasteiger partial charge in [-0.15, -0.1) is 5.10 Å². The van der Waals surface area contributed by atoms with Crippen molar-refractivity contribution in [2.45, 2.75) is 0 Å². The standard InChI is InChI=1S/C5H3N3O2/c9-4-1-3-5(8-7-4)6-2-10-3/h1-2H,(H,7,9). The largest absolute Gasteiger partial charge is 0.441 e. The number of hydrogen-bond acceptors (Lipinski definition) is 4. The van der Waals surface area contributed by atoms with E-state index in [2.05, 4.69) is 15.2 Å². The van der Waals surface area contributed by atoms with E-state index in [1.54, 1.807) is 0 Å². The van der Waals surface area contributed by atoms with E-state index in [0.29, 0.717) is 11.2 Å². The Morgan fingerprint density at radius 1 is 1.60 bits per heavy atom. The van der Waals surface area contributed by atoms with Crippen molar-refractivity contribution in [2.75, 3.05) is 0 Å². The number of H-pyrrole nitrogens is 1. The number of hydrogen-bond donors (Lipinski definition) is 1. The van der Waals surface area contributed by atoms with E-state index in [9.17, 15) is 4.79 Å². The zero-order valence-corrected chi connectivity index (χ0v) is 4.87. The van der Waals surface area contributed by atoms with Gasteiger partial charge in [-0.05, 0) is 0 Å². The molecule has 0 atom stereocenters. The summed E-state index contributed by atoms with van der Waals surface area (Å²) in [4.78, 5) is 14.3. The number of rotatable bonds is 0. The lowest BCUT2D eigenvalue weighted by Crippen LogP contribution is -2.04. The zero-order chi connectivity index (χ0) is 6.97. The molecule has 0 amide bonds. The first-order valence-electron chi connectivity index (χ1n) is 2.65. The maximum Gasteiger partial charge on any atom is 0.268 e. The SMILES string of the molecule is O=c1cc2ocnc2n[nH]1. The summed E-state index contributed by atoms with van der Waals surface area (Å²) in [6, 6.07) is 1.30. The summed E-state index contributed by atoms with van der Waals surface area (Å²) >= 11 is 0. The third kappa shape index (κ3) is 0.604. The van der Waals surface area contributed by atoms with Gasteiger partial charge in [-0.1, -0.05) is 0 Å². The molecule has 2 aromatic rings. The van der Waals surface area contributed by atoms with E-state index >= 15 is 0 Å². The number of oxazole rings is 1. The predicted octanol–water partition coefficient (Wildman–Crippen LogP) is -0.0889. The summed E-state index contributed by atoms with van der Waals surface area (Å²) in [6.45, 7) is 0. The highest BCUT2D eigenvalue weighted by atomic mass is 16.3. The topological polar surface area (TPSA) is 71.8 Å². The molecule has 0 aromatic carbocycles. The van der Waals surface area contributed by atoms with E-state index in [0.717, 1.165) is 0 Å². The van der Waals surface area contributed by atoms with Gasteiger partial charge in [0.15, 0.2) is 12.0 Å². The molecule has 0 unspecified atom stereocenters. The molecule has 0 aliphatic carbocycles. The van der Waals surface area contributed by atoms with Gasteiger partial charge in [0, 0.05) is 0 Å². The van der Waals surface area contributed by atoms with E-state index < -0.39 is 0 Å². The van der Waals surface area contributed by atoms with Gasteiger partial charge < -0.3 is 4.42 Å². The number of aromatic amines is 1. The van der Waals surface area contributed by atoms with Gasteiger partial charge in [0.05, 0.1) is 6.07 Å². The quantitative estimate of drug-likeness (QED) is 0.550. The molecule has 10 heavy (non-hydrogen) atoms. The summed E-state index contributed by atoms with van der Waals surface area (Å²) < 4.78 is 4.81. The fourth-order valence-corrected chi connectivity index (χ4v) is 0.691. The Morgan fingerprint density at radius 3 is 3.40 bits per heavy atom. The smallest absolute Gasteiger partial charge is 0.268 e. The molecular formula is C5H3N3O2. The molecule has 2 rings (SSSR count). The van der Waals surface area contributed by atoms with Gasteiger partial charge in [0.1, 0.15) is 0 Å². The molecule has 5 heteroatoms. The van der Waals surface area contributed by atoms with Crippen LogP contribution in [0.25, 0.3) is 11.2 Å². The Bertz CT molecular complexity index is 402. The van der Waals surface area contributed by atoms with Crippen molar-refractivity contribution in [3.05, 3.63) is 22.8 Å². The highest BCUT2D eigenvalue weighted by Gasteiger charge is 1.97. The van der Waals surface area contributed by atoms with Crippen molar-refractivity contribution in [2.24, 2.45) is 0 Å². The zero-order valence-electron chi connectivity index (χ0n) is 4.87. The van der Waals surface area contributed by atoms with E-state index in [1.165, 1.54) is 12.5 Å². The average Bonchev–Trinajstić information content (AvgIpc) is 2.33. The molecule has 5 nitrogen and oxygen atoms in total. The first kappa shape index (κ1) is 5.16. The van der Waals surface area contributed by atoms with Crippen molar-refractivity contribution in [3.8, 4) is 0 Å². The van der Waals surface area contributed by atoms with Crippen LogP contribution in [0.1, 0.15) is 0 Å². The van der Waals surface area contributed by atoms with Gasteiger partial charge in [-0.25, -0.2) is 5.10 Å². The highest BCUT2D eigenvalue weighted by Crippen LogP contribution is 2.02. The third-order valence-corrected chi connectivity index (χ3v) is 1.11. The molecule has 0 saturated heterocycles. The van der Waals surface area contributed by atoms with Crippen LogP contribution < -0.4 is 5.56 Å². The fourth-order valence-electron chi connectivity index (χ4n) is 0.691. The van der Waals surface area contributed by atoms with Crippen LogP contribution in [0.5, 0.6) is 0 Å². The molecule has 0 bridgehead atoms. The minimum Gasteiger partial charge on any atom is -0.441 e. The van der Waals surface area contributed by atoms with Crippen molar-refractivity contribution in [1.29, 1.82) is 0 Å². The molecule has 0 saturated carbocycles. The van der Waals surface area contributed by atoms with Gasteiger partial charge in [0.25, 0.3) is 5.56 Å². The summed E-state index contributed by atoms with van der Waals surface area (Å²) in [5.41, 5.74) is 0.535. The Balaban J connectivity index is 2.99. The van der Waals surface area contributed by atoms with Gasteiger partial charge in [-0.3, -0.25) is 4.79 Å². The van der Waals surface area contributed by atoms with Crippen LogP contribution in [0.4, 0.5) is 0 Å². The first-order valence-corrected chi connectivity index (χ1v) is 2.65. The molecule has 50 valence electrons. The van der Waals surface area contributed by atoms with E-state index in [1.807, 2.05) is 0 Å². The van der Waals surface area contributed by atoms with Crippen LogP contribution in [-0.2, 0) is 0 Å². The second kappa shape index (κ2) is 1.66. The maximum absolute atomic E-state index is 10.6. The number of nitrogens with one attached hydrogen (secondary N) is 1. The molecule has 0 fully saturated rings. The molecular weight excluding hydrogens is 134 g/mol. The van der Waals surface area contributed by atoms with Crippen molar-refractivity contribution >= 4 is 11.2 Å². The van der Waals surface area contributed by atoms with Crippen LogP contribution in [0.2, 0.25) is 0 Å². The normalized spacial score (nSPS) is 10.4. The summed E-state index contributed by atoms with van der Waals surface area (Å²) in [5.74, 6) is 0. The second-order valence-electron chi connectivity index (χ2n) is 1.77. The molecule has 2 aromatic heterocycles. The summed E-state index contributed by atoms with van der Waals surface area (Å²) in [5, 5.41) is 5.83. The van der Waals surface area contributed by atoms with Crippen molar-refractivity contribution in [3.63, 3.8) is 0 Å². The first-order chi connectivity index (χ1) is 4.86. The van der Waals surface area contributed by atoms with Crippen LogP contribution in [0.15, 0.2) is 21.7 Å². The van der Waals surface area contributed by atoms with Gasteiger partial charge in [-0.2, -0.15) is 4.98 Å². The molecule has 0 aliphatic rings. The van der Waals surface area contributed by atoms with E-state index in [4.69, 9.17) is 4.42 Å². The molecule has 2 heterocycles. The predicted molar refractivity (Wildman–Crippen MR) is 32.4 cm³/mol. The van der Waals surface area contributed by atoms with Crippen molar-refractivity contribution < 1.29 is 4.42 Å². The lowest BCUT2D eigenvalue weighted by molar-refractivity contribution is 0.601. The van der Waals surface area contributed by atoms with Gasteiger partial charge in [0.2, 0.25) is 5.65 Å². The Morgan fingerprint density at radius 2 is 2.50 bits per heavy atom. The fraction of sp³-hybridized carbons (Fsp3) is 0. The number of nitrogens with zero attached hydrogens (tertiary/aromatic N) is 2. The van der Waals surface area contributed by atoms with Gasteiger partial charge >= 0.3 is 0 Å². The Labute approximate surface area is 54.7 Å². The van der Waals surface area contributed by atoms with Crippen LogP contribution >= 0.6 is 0 Å². The van der Waals surface area contributed by atoms with Crippen LogP contribution in [0, 0.1) is 0 Å². The van der Waals surface area contributed by atoms with Crippen LogP contribution in [-0.4, -0.2) is 15.2 Å². The highest BCUT2D eigenvalue weighted by molar-refractivity contribution is 5.65. The molecule has 1 N–H and O–H groups in total. The molecule has 0 aliphatic heterocycles.